The number of carbonyl (C=O) groups is 2. The maximum absolute atomic E-state index is 13.0. The molecule has 0 saturated carbocycles. The van der Waals surface area contributed by atoms with Gasteiger partial charge in [-0.3, -0.25) is 9.59 Å². The van der Waals surface area contributed by atoms with E-state index in [1.54, 1.807) is 24.3 Å². The fourth-order valence-electron chi connectivity index (χ4n) is 3.91. The van der Waals surface area contributed by atoms with Crippen LogP contribution in [0, 0.1) is 0 Å². The normalized spacial score (nSPS) is 15.2. The van der Waals surface area contributed by atoms with Gasteiger partial charge in [-0.2, -0.15) is 13.2 Å². The first-order chi connectivity index (χ1) is 18.8. The van der Waals surface area contributed by atoms with E-state index in [0.717, 1.165) is 42.2 Å². The van der Waals surface area contributed by atoms with Gasteiger partial charge in [0.25, 0.3) is 0 Å². The molecule has 1 heterocycles. The lowest BCUT2D eigenvalue weighted by molar-refractivity contribution is -0.146. The van der Waals surface area contributed by atoms with Crippen molar-refractivity contribution in [1.29, 1.82) is 0 Å². The van der Waals surface area contributed by atoms with E-state index >= 15 is 0 Å². The van der Waals surface area contributed by atoms with Gasteiger partial charge in [-0.05, 0) is 55.5 Å². The number of alkyl halides is 3. The molecular formula is C28H34F3NO5S2. The number of carbonyl (C=O) groups excluding carboxylic acids is 2. The molecule has 1 saturated heterocycles. The molecule has 11 heteroatoms. The van der Waals surface area contributed by atoms with Crippen LogP contribution >= 0.6 is 21.6 Å². The zero-order valence-corrected chi connectivity index (χ0v) is 23.3. The lowest BCUT2D eigenvalue weighted by Gasteiger charge is -2.14. The number of ether oxygens (including phenoxy) is 3. The summed E-state index contributed by atoms with van der Waals surface area (Å²) in [6.45, 7) is 0.661. The second-order valence-electron chi connectivity index (χ2n) is 8.99. The van der Waals surface area contributed by atoms with E-state index in [9.17, 15) is 22.8 Å². The largest absolute Gasteiger partial charge is 0.463 e. The molecule has 214 valence electrons. The van der Waals surface area contributed by atoms with Crippen molar-refractivity contribution >= 4 is 44.9 Å². The van der Waals surface area contributed by atoms with Gasteiger partial charge in [0.2, 0.25) is 0 Å². The lowest BCUT2D eigenvalue weighted by atomic mass is 10.1. The lowest BCUT2D eigenvalue weighted by Crippen LogP contribution is -2.15. The fraction of sp³-hybridized carbons (Fsp3) is 0.500. The highest BCUT2D eigenvalue weighted by Gasteiger charge is 2.30. The second kappa shape index (κ2) is 16.7. The summed E-state index contributed by atoms with van der Waals surface area (Å²) in [5.41, 5.74) is 0.966. The third-order valence-electron chi connectivity index (χ3n) is 5.95. The van der Waals surface area contributed by atoms with Gasteiger partial charge in [-0.25, -0.2) is 0 Å². The topological polar surface area (TPSA) is 73.9 Å². The van der Waals surface area contributed by atoms with Crippen molar-refractivity contribution in [3.63, 3.8) is 0 Å². The monoisotopic (exact) mass is 585 g/mol. The Balaban J connectivity index is 1.25. The highest BCUT2D eigenvalue weighted by Crippen LogP contribution is 2.40. The summed E-state index contributed by atoms with van der Waals surface area (Å²) in [6, 6.07) is 12.1. The average Bonchev–Trinajstić information content (AvgIpc) is 3.43. The van der Waals surface area contributed by atoms with Crippen LogP contribution in [0.1, 0.15) is 49.7 Å². The predicted octanol–water partition coefficient (Wildman–Crippen LogP) is 7.20. The van der Waals surface area contributed by atoms with Crippen LogP contribution in [-0.4, -0.2) is 49.4 Å². The number of halogens is 3. The number of aryl methyl sites for hydroxylation is 1. The molecule has 1 aliphatic rings. The Bertz CT molecular complexity index is 1050. The molecule has 1 unspecified atom stereocenters. The Morgan fingerprint density at radius 2 is 1.67 bits per heavy atom. The molecule has 2 aromatic carbocycles. The van der Waals surface area contributed by atoms with Gasteiger partial charge >= 0.3 is 18.1 Å². The Hall–Kier alpha value is -2.37. The van der Waals surface area contributed by atoms with Gasteiger partial charge in [0.1, 0.15) is 13.2 Å². The van der Waals surface area contributed by atoms with Gasteiger partial charge < -0.3 is 19.5 Å². The van der Waals surface area contributed by atoms with Crippen molar-refractivity contribution in [3.05, 3.63) is 59.7 Å². The molecule has 0 radical (unpaired) electrons. The minimum Gasteiger partial charge on any atom is -0.463 e. The van der Waals surface area contributed by atoms with Crippen LogP contribution in [-0.2, 0) is 36.4 Å². The highest BCUT2D eigenvalue weighted by atomic mass is 33.1. The molecule has 1 N–H and O–H groups in total. The van der Waals surface area contributed by atoms with Crippen molar-refractivity contribution in [1.82, 2.24) is 0 Å². The smallest absolute Gasteiger partial charge is 0.416 e. The summed E-state index contributed by atoms with van der Waals surface area (Å²) in [4.78, 5) is 23.9. The molecule has 0 bridgehead atoms. The summed E-state index contributed by atoms with van der Waals surface area (Å²) in [6.07, 6.45) is 0.729. The Morgan fingerprint density at radius 3 is 2.38 bits per heavy atom. The summed E-state index contributed by atoms with van der Waals surface area (Å²) >= 11 is 0. The van der Waals surface area contributed by atoms with E-state index < -0.39 is 17.7 Å². The number of nitrogens with one attached hydrogen (secondary N) is 1. The van der Waals surface area contributed by atoms with Crippen molar-refractivity contribution in [3.8, 4) is 0 Å². The minimum atomic E-state index is -4.43. The van der Waals surface area contributed by atoms with Gasteiger partial charge in [-0.1, -0.05) is 52.3 Å². The maximum atomic E-state index is 13.0. The van der Waals surface area contributed by atoms with Crippen molar-refractivity contribution in [2.75, 3.05) is 37.5 Å². The molecule has 0 aliphatic carbocycles. The third kappa shape index (κ3) is 12.1. The summed E-state index contributed by atoms with van der Waals surface area (Å²) < 4.78 is 54.7. The number of hydrogen-bond acceptors (Lipinski definition) is 8. The molecule has 6 nitrogen and oxygen atoms in total. The van der Waals surface area contributed by atoms with E-state index in [1.807, 2.05) is 27.7 Å². The average molecular weight is 586 g/mol. The zero-order chi connectivity index (χ0) is 27.9. The quantitative estimate of drug-likeness (QED) is 0.126. The SMILES string of the molecule is O=C(CCCCC1CCSS1)OCCOCCOC(=O)CCc1ccccc1Nc1cccc(C(F)(F)F)c1. The number of rotatable bonds is 16. The van der Waals surface area contributed by atoms with Gasteiger partial charge in [0.05, 0.1) is 18.8 Å². The first-order valence-corrected chi connectivity index (χ1v) is 15.4. The molecule has 0 aromatic heterocycles. The standard InChI is InChI=1S/C28H34F3NO5S2/c29-28(30,31)22-7-5-8-23(20-22)32-25-10-3-1-6-21(25)12-13-27(34)37-18-16-35-15-17-36-26(33)11-4-2-9-24-14-19-38-39-24/h1,3,5-8,10,20,24,32H,2,4,9,11-19H2. The van der Waals surface area contributed by atoms with Gasteiger partial charge in [0.15, 0.2) is 0 Å². The van der Waals surface area contributed by atoms with E-state index in [-0.39, 0.29) is 38.8 Å². The Morgan fingerprint density at radius 1 is 0.923 bits per heavy atom. The molecule has 39 heavy (non-hydrogen) atoms. The molecule has 2 aromatic rings. The van der Waals surface area contributed by atoms with E-state index in [1.165, 1.54) is 18.2 Å². The number of benzene rings is 2. The molecule has 3 rings (SSSR count). The number of unbranched alkanes of at least 4 members (excludes halogenated alkanes) is 1. The Kier molecular flexibility index (Phi) is 13.3. The van der Waals surface area contributed by atoms with Gasteiger partial charge in [-0.15, -0.1) is 0 Å². The van der Waals surface area contributed by atoms with Crippen LogP contribution in [0.5, 0.6) is 0 Å². The minimum absolute atomic E-state index is 0.0778. The van der Waals surface area contributed by atoms with E-state index in [2.05, 4.69) is 5.32 Å². The van der Waals surface area contributed by atoms with Crippen molar-refractivity contribution in [2.45, 2.75) is 56.4 Å². The first kappa shape index (κ1) is 31.2. The maximum Gasteiger partial charge on any atom is 0.416 e. The van der Waals surface area contributed by atoms with Crippen LogP contribution in [0.3, 0.4) is 0 Å². The highest BCUT2D eigenvalue weighted by molar-refractivity contribution is 8.77. The molecule has 1 fully saturated rings. The Labute approximate surface area is 235 Å². The van der Waals surface area contributed by atoms with Crippen LogP contribution < -0.4 is 5.32 Å². The predicted molar refractivity (Wildman–Crippen MR) is 149 cm³/mol. The summed E-state index contributed by atoms with van der Waals surface area (Å²) in [5, 5.41) is 3.73. The summed E-state index contributed by atoms with van der Waals surface area (Å²) in [5.74, 6) is 0.590. The molecule has 0 amide bonds. The summed E-state index contributed by atoms with van der Waals surface area (Å²) in [7, 11) is 3.87. The number of para-hydroxylation sites is 1. The second-order valence-corrected chi connectivity index (χ2v) is 11.8. The molecule has 0 spiro atoms. The number of hydrogen-bond donors (Lipinski definition) is 1. The van der Waals surface area contributed by atoms with E-state index in [4.69, 9.17) is 14.2 Å². The van der Waals surface area contributed by atoms with Gasteiger partial charge in [0, 0.05) is 35.2 Å². The molecular weight excluding hydrogens is 551 g/mol. The zero-order valence-electron chi connectivity index (χ0n) is 21.7. The van der Waals surface area contributed by atoms with Crippen LogP contribution in [0.4, 0.5) is 24.5 Å². The van der Waals surface area contributed by atoms with Crippen molar-refractivity contribution in [2.24, 2.45) is 0 Å². The number of esters is 2. The van der Waals surface area contributed by atoms with Crippen LogP contribution in [0.15, 0.2) is 48.5 Å². The van der Waals surface area contributed by atoms with E-state index in [0.29, 0.717) is 24.2 Å². The van der Waals surface area contributed by atoms with Crippen molar-refractivity contribution < 1.29 is 37.0 Å². The molecule has 1 atom stereocenters. The first-order valence-electron chi connectivity index (χ1n) is 13.0. The third-order valence-corrected chi connectivity index (χ3v) is 8.96. The van der Waals surface area contributed by atoms with Crippen LogP contribution in [0.2, 0.25) is 0 Å². The molecule has 1 aliphatic heterocycles. The number of anilines is 2. The fourth-order valence-corrected chi connectivity index (χ4v) is 6.93. The van der Waals surface area contributed by atoms with Crippen LogP contribution in [0.25, 0.3) is 0 Å².